The summed E-state index contributed by atoms with van der Waals surface area (Å²) in [6, 6.07) is 4.08. The number of hydrogen-bond donors (Lipinski definition) is 0. The van der Waals surface area contributed by atoms with Gasteiger partial charge in [-0.3, -0.25) is 9.48 Å². The minimum absolute atomic E-state index is 0.0648. The fourth-order valence-corrected chi connectivity index (χ4v) is 3.35. The Balaban J connectivity index is 1.61. The second-order valence-corrected chi connectivity index (χ2v) is 6.85. The van der Waals surface area contributed by atoms with E-state index >= 15 is 0 Å². The Morgan fingerprint density at radius 1 is 1.34 bits per heavy atom. The van der Waals surface area contributed by atoms with Crippen molar-refractivity contribution in [1.82, 2.24) is 24.3 Å². The zero-order valence-corrected chi connectivity index (χ0v) is 16.1. The van der Waals surface area contributed by atoms with E-state index < -0.39 is 0 Å². The average molecular weight is 388 g/mol. The summed E-state index contributed by atoms with van der Waals surface area (Å²) in [4.78, 5) is 13.5. The van der Waals surface area contributed by atoms with Crippen molar-refractivity contribution in [2.24, 2.45) is 7.05 Å². The molecule has 0 saturated carbocycles. The maximum absolute atomic E-state index is 11.7. The fourth-order valence-electron chi connectivity index (χ4n) is 3.35. The first kappa shape index (κ1) is 18.5. The molecule has 1 aliphatic heterocycles. The van der Waals surface area contributed by atoms with E-state index in [1.54, 1.807) is 20.3 Å². The van der Waals surface area contributed by atoms with Crippen molar-refractivity contribution in [2.45, 2.75) is 6.42 Å². The summed E-state index contributed by atoms with van der Waals surface area (Å²) in [6.07, 6.45) is 11.2. The molecule has 0 bridgehead atoms. The van der Waals surface area contributed by atoms with Gasteiger partial charge >= 0.3 is 0 Å². The first-order valence-corrected chi connectivity index (χ1v) is 9.21. The third-order valence-corrected chi connectivity index (χ3v) is 4.94. The summed E-state index contributed by atoms with van der Waals surface area (Å²) in [6.45, 7) is 5.10. The number of ether oxygens (including phenoxy) is 1. The lowest BCUT2D eigenvalue weighted by Crippen LogP contribution is -2.34. The zero-order chi connectivity index (χ0) is 20.4. The van der Waals surface area contributed by atoms with Crippen molar-refractivity contribution < 1.29 is 9.53 Å². The molecule has 0 fully saturated rings. The Morgan fingerprint density at radius 3 is 2.86 bits per heavy atom. The van der Waals surface area contributed by atoms with Crippen molar-refractivity contribution in [3.8, 4) is 22.9 Å². The maximum Gasteiger partial charge on any atom is 0.246 e. The highest BCUT2D eigenvalue weighted by Crippen LogP contribution is 2.30. The van der Waals surface area contributed by atoms with Crippen LogP contribution in [0.3, 0.4) is 0 Å². The van der Waals surface area contributed by atoms with E-state index in [1.807, 2.05) is 31.6 Å². The molecular formula is C21H20N6O2. The molecule has 3 aromatic heterocycles. The minimum atomic E-state index is -0.0648. The summed E-state index contributed by atoms with van der Waals surface area (Å²) in [7, 11) is 1.86. The monoisotopic (exact) mass is 388 g/mol. The van der Waals surface area contributed by atoms with Gasteiger partial charge in [0.1, 0.15) is 29.5 Å². The van der Waals surface area contributed by atoms with Gasteiger partial charge in [0.25, 0.3) is 0 Å². The number of rotatable bonds is 5. The molecule has 0 saturated heterocycles. The van der Waals surface area contributed by atoms with E-state index in [9.17, 15) is 10.1 Å². The van der Waals surface area contributed by atoms with Crippen LogP contribution in [0.5, 0.6) is 5.75 Å². The standard InChI is InChI=1S/C21H20N6O2/c1-3-20(28)26-6-4-15(5-7-26)14-29-19-8-16(18-11-23-25(2)12-18)13-27-21(19)17(9-22)10-24-27/h3-4,8,10-13H,1,5-7,14H2,2H3. The van der Waals surface area contributed by atoms with Crippen molar-refractivity contribution in [2.75, 3.05) is 19.7 Å². The first-order valence-electron chi connectivity index (χ1n) is 9.21. The van der Waals surface area contributed by atoms with Crippen molar-refractivity contribution in [3.63, 3.8) is 0 Å². The molecule has 4 rings (SSSR count). The predicted molar refractivity (Wildman–Crippen MR) is 107 cm³/mol. The average Bonchev–Trinajstić information content (AvgIpc) is 3.37. The van der Waals surface area contributed by atoms with Gasteiger partial charge in [-0.25, -0.2) is 4.52 Å². The largest absolute Gasteiger partial charge is 0.487 e. The molecule has 8 heteroatoms. The Kier molecular flexibility index (Phi) is 4.87. The third kappa shape index (κ3) is 3.62. The van der Waals surface area contributed by atoms with Gasteiger partial charge in [-0.1, -0.05) is 12.7 Å². The van der Waals surface area contributed by atoms with Crippen LogP contribution in [0.25, 0.3) is 16.6 Å². The fraction of sp³-hybridized carbons (Fsp3) is 0.238. The lowest BCUT2D eigenvalue weighted by Gasteiger charge is -2.25. The number of pyridine rings is 1. The van der Waals surface area contributed by atoms with Crippen LogP contribution in [0.1, 0.15) is 12.0 Å². The summed E-state index contributed by atoms with van der Waals surface area (Å²) in [5.74, 6) is 0.524. The van der Waals surface area contributed by atoms with E-state index in [1.165, 1.54) is 12.3 Å². The lowest BCUT2D eigenvalue weighted by molar-refractivity contribution is -0.125. The number of fused-ring (bicyclic) bond motifs is 1. The number of hydrogen-bond acceptors (Lipinski definition) is 5. The normalized spacial score (nSPS) is 13.8. The van der Waals surface area contributed by atoms with Crippen molar-refractivity contribution >= 4 is 11.4 Å². The van der Waals surface area contributed by atoms with E-state index in [0.717, 1.165) is 23.1 Å². The molecule has 29 heavy (non-hydrogen) atoms. The molecule has 1 amide bonds. The first-order chi connectivity index (χ1) is 14.1. The Morgan fingerprint density at radius 2 is 2.21 bits per heavy atom. The smallest absolute Gasteiger partial charge is 0.246 e. The molecule has 8 nitrogen and oxygen atoms in total. The SMILES string of the molecule is C=CC(=O)N1CC=C(COc2cc(-c3cnn(C)c3)cn3ncc(C#N)c23)CC1. The molecule has 4 heterocycles. The molecule has 0 radical (unpaired) electrons. The molecule has 1 aliphatic rings. The number of nitrogens with zero attached hydrogens (tertiary/aromatic N) is 6. The zero-order valence-electron chi connectivity index (χ0n) is 16.1. The van der Waals surface area contributed by atoms with Gasteiger partial charge in [-0.15, -0.1) is 0 Å². The second kappa shape index (κ2) is 7.64. The molecule has 0 atom stereocenters. The van der Waals surface area contributed by atoms with Crippen molar-refractivity contribution in [1.29, 1.82) is 5.26 Å². The number of amides is 1. The molecule has 0 N–H and O–H groups in total. The highest BCUT2D eigenvalue weighted by atomic mass is 16.5. The molecule has 0 unspecified atom stereocenters. The quantitative estimate of drug-likeness (QED) is 0.494. The van der Waals surface area contributed by atoms with Gasteiger partial charge in [0.2, 0.25) is 5.91 Å². The van der Waals surface area contributed by atoms with E-state index in [2.05, 4.69) is 22.8 Å². The number of aryl methyl sites for hydroxylation is 1. The van der Waals surface area contributed by atoms with Gasteiger partial charge in [0, 0.05) is 43.7 Å². The van der Waals surface area contributed by atoms with Crippen LogP contribution in [-0.2, 0) is 11.8 Å². The summed E-state index contributed by atoms with van der Waals surface area (Å²) < 4.78 is 9.51. The molecule has 3 aromatic rings. The van der Waals surface area contributed by atoms with Crippen LogP contribution in [0, 0.1) is 11.3 Å². The third-order valence-electron chi connectivity index (χ3n) is 4.94. The second-order valence-electron chi connectivity index (χ2n) is 6.85. The Hall–Kier alpha value is -3.86. The topological polar surface area (TPSA) is 88.5 Å². The maximum atomic E-state index is 11.7. The van der Waals surface area contributed by atoms with Crippen LogP contribution in [0.15, 0.2) is 55.2 Å². The number of nitriles is 1. The van der Waals surface area contributed by atoms with E-state index in [4.69, 9.17) is 4.74 Å². The van der Waals surface area contributed by atoms with Gasteiger partial charge in [0.15, 0.2) is 0 Å². The minimum Gasteiger partial charge on any atom is -0.487 e. The number of aromatic nitrogens is 4. The molecule has 0 aromatic carbocycles. The Labute approximate surface area is 167 Å². The van der Waals surface area contributed by atoms with Crippen LogP contribution in [0.2, 0.25) is 0 Å². The van der Waals surface area contributed by atoms with E-state index in [-0.39, 0.29) is 5.91 Å². The summed E-state index contributed by atoms with van der Waals surface area (Å²) in [5.41, 5.74) is 4.04. The van der Waals surface area contributed by atoms with Gasteiger partial charge in [0.05, 0.1) is 12.4 Å². The molecular weight excluding hydrogens is 368 g/mol. The van der Waals surface area contributed by atoms with Crippen LogP contribution in [-0.4, -0.2) is 49.9 Å². The highest BCUT2D eigenvalue weighted by molar-refractivity contribution is 5.87. The molecule has 0 spiro atoms. The van der Waals surface area contributed by atoms with E-state index in [0.29, 0.717) is 36.5 Å². The number of carbonyl (C=O) groups excluding carboxylic acids is 1. The molecule has 146 valence electrons. The van der Waals surface area contributed by atoms with Gasteiger partial charge in [-0.2, -0.15) is 15.5 Å². The lowest BCUT2D eigenvalue weighted by atomic mass is 10.1. The van der Waals surface area contributed by atoms with Crippen LogP contribution >= 0.6 is 0 Å². The predicted octanol–water partition coefficient (Wildman–Crippen LogP) is 2.33. The summed E-state index contributed by atoms with van der Waals surface area (Å²) in [5, 5.41) is 17.9. The Bertz CT molecular complexity index is 1160. The number of carbonyl (C=O) groups is 1. The van der Waals surface area contributed by atoms with Gasteiger partial charge in [-0.05, 0) is 24.1 Å². The van der Waals surface area contributed by atoms with Crippen LogP contribution in [0.4, 0.5) is 0 Å². The molecule has 0 aliphatic carbocycles. The van der Waals surface area contributed by atoms with Crippen molar-refractivity contribution in [3.05, 3.63) is 60.7 Å². The highest BCUT2D eigenvalue weighted by Gasteiger charge is 2.17. The van der Waals surface area contributed by atoms with Crippen LogP contribution < -0.4 is 4.74 Å². The van der Waals surface area contributed by atoms with Gasteiger partial charge < -0.3 is 9.64 Å². The summed E-state index contributed by atoms with van der Waals surface area (Å²) >= 11 is 0.